The molecule has 0 saturated heterocycles. The Labute approximate surface area is 174 Å². The Morgan fingerprint density at radius 1 is 1.00 bits per heavy atom. The quantitative estimate of drug-likeness (QED) is 0.488. The molecule has 3 aromatic carbocycles. The Bertz CT molecular complexity index is 1210. The van der Waals surface area contributed by atoms with Crippen molar-refractivity contribution in [3.63, 3.8) is 0 Å². The molecular formula is C21H15FN4O3S. The number of halogens is 1. The topological polar surface area (TPSA) is 93.2 Å². The van der Waals surface area contributed by atoms with Crippen molar-refractivity contribution in [3.8, 4) is 5.75 Å². The second-order valence-corrected chi connectivity index (χ2v) is 7.04. The Kier molecular flexibility index (Phi) is 5.62. The molecule has 2 amide bonds. The Morgan fingerprint density at radius 3 is 2.60 bits per heavy atom. The van der Waals surface area contributed by atoms with Gasteiger partial charge in [-0.1, -0.05) is 41.7 Å². The normalized spacial score (nSPS) is 10.6. The van der Waals surface area contributed by atoms with Crippen molar-refractivity contribution < 1.29 is 18.7 Å². The third kappa shape index (κ3) is 4.41. The average Bonchev–Trinajstić information content (AvgIpc) is 3.25. The summed E-state index contributed by atoms with van der Waals surface area (Å²) in [6.45, 7) is -0.224. The number of hydrogen-bond acceptors (Lipinski definition) is 6. The predicted molar refractivity (Wildman–Crippen MR) is 112 cm³/mol. The van der Waals surface area contributed by atoms with Crippen molar-refractivity contribution in [2.24, 2.45) is 0 Å². The molecule has 30 heavy (non-hydrogen) atoms. The van der Waals surface area contributed by atoms with Gasteiger partial charge in [-0.25, -0.2) is 4.39 Å². The summed E-state index contributed by atoms with van der Waals surface area (Å²) in [5.41, 5.74) is 2.27. The van der Waals surface area contributed by atoms with Gasteiger partial charge in [-0.3, -0.25) is 14.9 Å². The fourth-order valence-electron chi connectivity index (χ4n) is 2.89. The van der Waals surface area contributed by atoms with Gasteiger partial charge in [0.05, 0.1) is 0 Å². The molecule has 4 aromatic rings. The first-order valence-electron chi connectivity index (χ1n) is 8.87. The summed E-state index contributed by atoms with van der Waals surface area (Å²) in [7, 11) is 0. The first-order valence-corrected chi connectivity index (χ1v) is 9.75. The van der Waals surface area contributed by atoms with E-state index >= 15 is 0 Å². The molecule has 1 heterocycles. The summed E-state index contributed by atoms with van der Waals surface area (Å²) in [5.74, 6) is -0.727. The Morgan fingerprint density at radius 2 is 1.83 bits per heavy atom. The second-order valence-electron chi connectivity index (χ2n) is 6.20. The third-order valence-electron chi connectivity index (χ3n) is 4.18. The van der Waals surface area contributed by atoms with Crippen LogP contribution in [-0.4, -0.2) is 28.6 Å². The highest BCUT2D eigenvalue weighted by molar-refractivity contribution is 7.13. The zero-order valence-electron chi connectivity index (χ0n) is 15.5. The minimum atomic E-state index is -0.437. The summed E-state index contributed by atoms with van der Waals surface area (Å²) in [6.07, 6.45) is 0. The minimum absolute atomic E-state index is 0.224. The van der Waals surface area contributed by atoms with Gasteiger partial charge in [-0.15, -0.1) is 10.2 Å². The second kappa shape index (κ2) is 8.66. The number of nitrogens with one attached hydrogen (secondary N) is 2. The molecule has 9 heteroatoms. The number of amides is 2. The molecule has 0 fully saturated rings. The summed E-state index contributed by atoms with van der Waals surface area (Å²) >= 11 is 1.20. The minimum Gasteiger partial charge on any atom is -0.483 e. The number of carbonyl (C=O) groups excluding carboxylic acids is 2. The monoisotopic (exact) mass is 422 g/mol. The van der Waals surface area contributed by atoms with Gasteiger partial charge in [-0.05, 0) is 35.7 Å². The maximum Gasteiger partial charge on any atom is 0.264 e. The Hall–Kier alpha value is -3.85. The van der Waals surface area contributed by atoms with Crippen molar-refractivity contribution >= 4 is 44.7 Å². The van der Waals surface area contributed by atoms with E-state index in [-0.39, 0.29) is 18.4 Å². The molecule has 150 valence electrons. The largest absolute Gasteiger partial charge is 0.483 e. The highest BCUT2D eigenvalue weighted by Crippen LogP contribution is 2.29. The number of hydrogen-bond donors (Lipinski definition) is 2. The molecule has 0 saturated carbocycles. The van der Waals surface area contributed by atoms with E-state index in [1.807, 2.05) is 6.07 Å². The van der Waals surface area contributed by atoms with E-state index in [4.69, 9.17) is 4.74 Å². The van der Waals surface area contributed by atoms with E-state index < -0.39 is 5.82 Å². The lowest BCUT2D eigenvalue weighted by Crippen LogP contribution is -2.20. The van der Waals surface area contributed by atoms with E-state index in [1.54, 1.807) is 36.4 Å². The lowest BCUT2D eigenvalue weighted by atomic mass is 10.0. The maximum absolute atomic E-state index is 13.4. The number of rotatable bonds is 6. The van der Waals surface area contributed by atoms with Crippen molar-refractivity contribution in [3.05, 3.63) is 77.6 Å². The van der Waals surface area contributed by atoms with E-state index in [0.717, 1.165) is 0 Å². The molecule has 0 atom stereocenters. The highest BCUT2D eigenvalue weighted by Gasteiger charge is 2.14. The molecule has 7 nitrogen and oxygen atoms in total. The van der Waals surface area contributed by atoms with Crippen LogP contribution in [0.1, 0.15) is 10.4 Å². The van der Waals surface area contributed by atoms with Gasteiger partial charge in [0.15, 0.2) is 6.61 Å². The molecule has 2 N–H and O–H groups in total. The first-order chi connectivity index (χ1) is 14.6. The number of nitrogens with zero attached hydrogens (tertiary/aromatic N) is 2. The lowest BCUT2D eigenvalue weighted by molar-refractivity contribution is -0.118. The molecule has 0 unspecified atom stereocenters. The van der Waals surface area contributed by atoms with Gasteiger partial charge in [0, 0.05) is 16.6 Å². The molecule has 0 aliphatic rings. The van der Waals surface area contributed by atoms with Crippen LogP contribution in [0.2, 0.25) is 0 Å². The van der Waals surface area contributed by atoms with E-state index in [1.165, 1.54) is 35.0 Å². The summed E-state index contributed by atoms with van der Waals surface area (Å²) in [6, 6.07) is 16.1. The number of ether oxygens (including phenoxy) is 1. The van der Waals surface area contributed by atoms with Crippen LogP contribution < -0.4 is 15.4 Å². The molecule has 0 bridgehead atoms. The van der Waals surface area contributed by atoms with Crippen LogP contribution in [0.3, 0.4) is 0 Å². The fraction of sp³-hybridized carbons (Fsp3) is 0.0476. The molecular weight excluding hydrogens is 407 g/mol. The van der Waals surface area contributed by atoms with Crippen LogP contribution in [0, 0.1) is 5.82 Å². The fourth-order valence-corrected chi connectivity index (χ4v) is 3.35. The lowest BCUT2D eigenvalue weighted by Gasteiger charge is -2.12. The summed E-state index contributed by atoms with van der Waals surface area (Å²) < 4.78 is 19.0. The van der Waals surface area contributed by atoms with Gasteiger partial charge in [0.25, 0.3) is 11.8 Å². The number of aromatic nitrogens is 2. The number of anilines is 2. The average molecular weight is 422 g/mol. The Balaban J connectivity index is 1.54. The van der Waals surface area contributed by atoms with E-state index in [2.05, 4.69) is 20.8 Å². The van der Waals surface area contributed by atoms with Crippen molar-refractivity contribution in [2.75, 3.05) is 17.2 Å². The first kappa shape index (κ1) is 19.5. The number of fused-ring (bicyclic) bond motifs is 1. The maximum atomic E-state index is 13.4. The van der Waals surface area contributed by atoms with Crippen LogP contribution >= 0.6 is 11.3 Å². The van der Waals surface area contributed by atoms with Gasteiger partial charge in [0.2, 0.25) is 5.13 Å². The van der Waals surface area contributed by atoms with E-state index in [0.29, 0.717) is 32.9 Å². The van der Waals surface area contributed by atoms with Crippen LogP contribution in [0.15, 0.2) is 66.2 Å². The zero-order valence-corrected chi connectivity index (χ0v) is 16.3. The molecule has 4 rings (SSSR count). The highest BCUT2D eigenvalue weighted by atomic mass is 32.1. The molecule has 0 radical (unpaired) electrons. The number of carbonyl (C=O) groups is 2. The van der Waals surface area contributed by atoms with Crippen LogP contribution in [0.5, 0.6) is 5.75 Å². The van der Waals surface area contributed by atoms with Gasteiger partial charge >= 0.3 is 0 Å². The van der Waals surface area contributed by atoms with Crippen LogP contribution in [0.4, 0.5) is 15.2 Å². The van der Waals surface area contributed by atoms with E-state index in [9.17, 15) is 14.0 Å². The summed E-state index contributed by atoms with van der Waals surface area (Å²) in [4.78, 5) is 24.8. The summed E-state index contributed by atoms with van der Waals surface area (Å²) in [5, 5.41) is 14.4. The van der Waals surface area contributed by atoms with Crippen LogP contribution in [-0.2, 0) is 4.79 Å². The molecule has 0 aliphatic carbocycles. The standard InChI is InChI=1S/C21H15FN4O3S/c22-13-4-3-5-14(10-13)24-20(28)17-8-9-18(16-7-2-1-6-15(16)17)29-11-19(27)25-21-26-23-12-30-21/h1-10,12H,11H2,(H,24,28)(H,25,26,27). The molecule has 1 aromatic heterocycles. The van der Waals surface area contributed by atoms with Gasteiger partial charge in [-0.2, -0.15) is 0 Å². The van der Waals surface area contributed by atoms with Crippen LogP contribution in [0.25, 0.3) is 10.8 Å². The van der Waals surface area contributed by atoms with Crippen molar-refractivity contribution in [1.82, 2.24) is 10.2 Å². The zero-order chi connectivity index (χ0) is 20.9. The SMILES string of the molecule is O=C(COc1ccc(C(=O)Nc2cccc(F)c2)c2ccccc12)Nc1nncs1. The van der Waals surface area contributed by atoms with Gasteiger partial charge in [0.1, 0.15) is 17.1 Å². The van der Waals surface area contributed by atoms with Gasteiger partial charge < -0.3 is 10.1 Å². The van der Waals surface area contributed by atoms with Crippen molar-refractivity contribution in [2.45, 2.75) is 0 Å². The smallest absolute Gasteiger partial charge is 0.264 e. The molecule has 0 aliphatic heterocycles. The molecule has 0 spiro atoms. The third-order valence-corrected chi connectivity index (χ3v) is 4.78. The predicted octanol–water partition coefficient (Wildman–Crippen LogP) is 4.10. The number of benzene rings is 3. The van der Waals surface area contributed by atoms with Crippen molar-refractivity contribution in [1.29, 1.82) is 0 Å².